The van der Waals surface area contributed by atoms with Crippen LogP contribution in [0.25, 0.3) is 5.65 Å². The lowest BCUT2D eigenvalue weighted by molar-refractivity contribution is 0.445. The van der Waals surface area contributed by atoms with Gasteiger partial charge in [0.05, 0.1) is 0 Å². The highest BCUT2D eigenvalue weighted by atomic mass is 15.2. The van der Waals surface area contributed by atoms with Crippen LogP contribution in [0, 0.1) is 5.92 Å². The van der Waals surface area contributed by atoms with Crippen molar-refractivity contribution < 1.29 is 0 Å². The predicted molar refractivity (Wildman–Crippen MR) is 63.6 cm³/mol. The van der Waals surface area contributed by atoms with E-state index in [1.54, 1.807) is 0 Å². The Morgan fingerprint density at radius 3 is 2.88 bits per heavy atom. The Labute approximate surface area is 94.9 Å². The summed E-state index contributed by atoms with van der Waals surface area (Å²) in [7, 11) is 0. The van der Waals surface area contributed by atoms with Gasteiger partial charge in [-0.15, -0.1) is 0 Å². The van der Waals surface area contributed by atoms with Gasteiger partial charge in [-0.2, -0.15) is 0 Å². The van der Waals surface area contributed by atoms with E-state index in [4.69, 9.17) is 0 Å². The average molecular weight is 216 g/mol. The van der Waals surface area contributed by atoms with Crippen LogP contribution < -0.4 is 4.90 Å². The molecule has 0 N–H and O–H groups in total. The molecular formula is C12H16N4. The molecule has 0 radical (unpaired) electrons. The minimum absolute atomic E-state index is 0.755. The maximum atomic E-state index is 4.48. The first-order chi connectivity index (χ1) is 7.84. The summed E-state index contributed by atoms with van der Waals surface area (Å²) in [5.41, 5.74) is 0.969. The summed E-state index contributed by atoms with van der Waals surface area (Å²) in [5.74, 6) is 1.78. The highest BCUT2D eigenvalue weighted by Crippen LogP contribution is 2.23. The summed E-state index contributed by atoms with van der Waals surface area (Å²) in [6.07, 6.45) is 10.2. The molecule has 1 saturated heterocycles. The second-order valence-corrected chi connectivity index (χ2v) is 4.60. The van der Waals surface area contributed by atoms with Crippen LogP contribution in [0.5, 0.6) is 0 Å². The summed E-state index contributed by atoms with van der Waals surface area (Å²) < 4.78 is 2.03. The van der Waals surface area contributed by atoms with E-state index in [2.05, 4.69) is 21.8 Å². The zero-order valence-corrected chi connectivity index (χ0v) is 9.50. The third-order valence-electron chi connectivity index (χ3n) is 3.25. The van der Waals surface area contributed by atoms with Gasteiger partial charge in [0, 0.05) is 37.9 Å². The maximum Gasteiger partial charge on any atom is 0.180 e. The molecule has 0 aromatic carbocycles. The van der Waals surface area contributed by atoms with Crippen LogP contribution in [0.3, 0.4) is 0 Å². The molecule has 2 aromatic heterocycles. The van der Waals surface area contributed by atoms with Gasteiger partial charge in [-0.05, 0) is 18.8 Å². The first-order valence-electron chi connectivity index (χ1n) is 5.87. The van der Waals surface area contributed by atoms with Crippen LogP contribution in [0.1, 0.15) is 19.8 Å². The molecule has 1 aliphatic rings. The third-order valence-corrected chi connectivity index (χ3v) is 3.25. The predicted octanol–water partition coefficient (Wildman–Crippen LogP) is 1.97. The van der Waals surface area contributed by atoms with Gasteiger partial charge >= 0.3 is 0 Å². The summed E-state index contributed by atoms with van der Waals surface area (Å²) >= 11 is 0. The van der Waals surface area contributed by atoms with Crippen molar-refractivity contribution >= 4 is 11.5 Å². The van der Waals surface area contributed by atoms with E-state index < -0.39 is 0 Å². The van der Waals surface area contributed by atoms with Gasteiger partial charge in [0.1, 0.15) is 0 Å². The van der Waals surface area contributed by atoms with Crippen LogP contribution in [0.15, 0.2) is 24.8 Å². The van der Waals surface area contributed by atoms with Gasteiger partial charge in [0.25, 0.3) is 0 Å². The Morgan fingerprint density at radius 1 is 1.25 bits per heavy atom. The monoisotopic (exact) mass is 216 g/mol. The Kier molecular flexibility index (Phi) is 2.27. The highest BCUT2D eigenvalue weighted by Gasteiger charge is 2.19. The fourth-order valence-corrected chi connectivity index (χ4v) is 2.44. The molecular weight excluding hydrogens is 200 g/mol. The zero-order valence-electron chi connectivity index (χ0n) is 9.50. The lowest BCUT2D eigenvalue weighted by Gasteiger charge is -2.31. The quantitative estimate of drug-likeness (QED) is 0.730. The Bertz CT molecular complexity index is 490. The van der Waals surface area contributed by atoms with Crippen LogP contribution in [-0.4, -0.2) is 27.5 Å². The molecule has 3 rings (SSSR count). The average Bonchev–Trinajstić information content (AvgIpc) is 2.76. The number of piperidine rings is 1. The van der Waals surface area contributed by atoms with Crippen molar-refractivity contribution in [2.24, 2.45) is 5.92 Å². The molecule has 1 aliphatic heterocycles. The molecule has 4 heteroatoms. The minimum Gasteiger partial charge on any atom is -0.353 e. The first-order valence-corrected chi connectivity index (χ1v) is 5.87. The molecule has 84 valence electrons. The molecule has 0 bridgehead atoms. The third kappa shape index (κ3) is 1.54. The molecule has 3 heterocycles. The van der Waals surface area contributed by atoms with E-state index in [1.807, 2.05) is 29.2 Å². The smallest absolute Gasteiger partial charge is 0.180 e. The SMILES string of the molecule is CC1CCCN(c2nccn3ccnc23)C1. The molecule has 4 nitrogen and oxygen atoms in total. The Hall–Kier alpha value is -1.58. The molecule has 0 saturated carbocycles. The largest absolute Gasteiger partial charge is 0.353 e. The van der Waals surface area contributed by atoms with Gasteiger partial charge in [-0.3, -0.25) is 0 Å². The fraction of sp³-hybridized carbons (Fsp3) is 0.500. The number of aromatic nitrogens is 3. The van der Waals surface area contributed by atoms with Crippen molar-refractivity contribution in [3.05, 3.63) is 24.8 Å². The van der Waals surface area contributed by atoms with Crippen LogP contribution in [0.4, 0.5) is 5.82 Å². The lowest BCUT2D eigenvalue weighted by Crippen LogP contribution is -2.35. The normalized spacial score (nSPS) is 21.6. The van der Waals surface area contributed by atoms with E-state index >= 15 is 0 Å². The fourth-order valence-electron chi connectivity index (χ4n) is 2.44. The molecule has 2 aromatic rings. The van der Waals surface area contributed by atoms with E-state index in [9.17, 15) is 0 Å². The van der Waals surface area contributed by atoms with Crippen molar-refractivity contribution in [1.82, 2.24) is 14.4 Å². The number of anilines is 1. The van der Waals surface area contributed by atoms with E-state index in [0.29, 0.717) is 0 Å². The first kappa shape index (κ1) is 9.63. The maximum absolute atomic E-state index is 4.48. The Morgan fingerprint density at radius 2 is 2.06 bits per heavy atom. The van der Waals surface area contributed by atoms with Crippen LogP contribution in [-0.2, 0) is 0 Å². The van der Waals surface area contributed by atoms with E-state index in [1.165, 1.54) is 12.8 Å². The summed E-state index contributed by atoms with van der Waals surface area (Å²) in [4.78, 5) is 11.2. The van der Waals surface area contributed by atoms with Gasteiger partial charge < -0.3 is 9.30 Å². The number of imidazole rings is 1. The second kappa shape index (κ2) is 3.77. The molecule has 1 atom stereocenters. The summed E-state index contributed by atoms with van der Waals surface area (Å²) in [6, 6.07) is 0. The second-order valence-electron chi connectivity index (χ2n) is 4.60. The molecule has 0 aliphatic carbocycles. The zero-order chi connectivity index (χ0) is 11.0. The van der Waals surface area contributed by atoms with E-state index in [0.717, 1.165) is 30.5 Å². The van der Waals surface area contributed by atoms with Gasteiger partial charge in [0.15, 0.2) is 11.5 Å². The van der Waals surface area contributed by atoms with Crippen molar-refractivity contribution in [2.75, 3.05) is 18.0 Å². The number of fused-ring (bicyclic) bond motifs is 1. The number of rotatable bonds is 1. The summed E-state index contributed by atoms with van der Waals surface area (Å²) in [5, 5.41) is 0. The molecule has 16 heavy (non-hydrogen) atoms. The lowest BCUT2D eigenvalue weighted by atomic mass is 10.0. The number of nitrogens with zero attached hydrogens (tertiary/aromatic N) is 4. The van der Waals surface area contributed by atoms with Gasteiger partial charge in [-0.25, -0.2) is 9.97 Å². The van der Waals surface area contributed by atoms with Crippen LogP contribution in [0.2, 0.25) is 0 Å². The van der Waals surface area contributed by atoms with Gasteiger partial charge in [0.2, 0.25) is 0 Å². The van der Waals surface area contributed by atoms with Crippen molar-refractivity contribution in [3.8, 4) is 0 Å². The molecule has 1 fully saturated rings. The number of hydrogen-bond donors (Lipinski definition) is 0. The molecule has 0 spiro atoms. The summed E-state index contributed by atoms with van der Waals surface area (Å²) in [6.45, 7) is 4.50. The van der Waals surface area contributed by atoms with Gasteiger partial charge in [-0.1, -0.05) is 6.92 Å². The Balaban J connectivity index is 2.01. The topological polar surface area (TPSA) is 33.4 Å². The molecule has 0 amide bonds. The van der Waals surface area contributed by atoms with Crippen LogP contribution >= 0.6 is 0 Å². The van der Waals surface area contributed by atoms with Crippen molar-refractivity contribution in [3.63, 3.8) is 0 Å². The molecule has 1 unspecified atom stereocenters. The van der Waals surface area contributed by atoms with E-state index in [-0.39, 0.29) is 0 Å². The number of hydrogen-bond acceptors (Lipinski definition) is 3. The van der Waals surface area contributed by atoms with Crippen molar-refractivity contribution in [1.29, 1.82) is 0 Å². The standard InChI is InChI=1S/C12H16N4/c1-10-3-2-6-16(9-10)12-11-13-4-7-15(11)8-5-14-12/h4-5,7-8,10H,2-3,6,9H2,1H3. The van der Waals surface area contributed by atoms with Crippen molar-refractivity contribution in [2.45, 2.75) is 19.8 Å². The minimum atomic E-state index is 0.755. The highest BCUT2D eigenvalue weighted by molar-refractivity contribution is 5.64.